The van der Waals surface area contributed by atoms with Crippen molar-refractivity contribution in [2.75, 3.05) is 0 Å². The van der Waals surface area contributed by atoms with E-state index in [9.17, 15) is 18.0 Å². The number of amides is 2. The average molecular weight is 510 g/mol. The minimum atomic E-state index is -3.74. The van der Waals surface area contributed by atoms with Crippen LogP contribution in [0.1, 0.15) is 57.1 Å². The van der Waals surface area contributed by atoms with E-state index in [0.29, 0.717) is 24.3 Å². The predicted molar refractivity (Wildman–Crippen MR) is 137 cm³/mol. The fraction of sp³-hybridized carbons (Fsp3) is 0.500. The monoisotopic (exact) mass is 509 g/mol. The smallest absolute Gasteiger partial charge is 0.238 e. The van der Waals surface area contributed by atoms with E-state index in [1.807, 2.05) is 44.2 Å². The van der Waals surface area contributed by atoms with Crippen molar-refractivity contribution < 1.29 is 18.0 Å². The van der Waals surface area contributed by atoms with Crippen LogP contribution in [0.2, 0.25) is 0 Å². The minimum absolute atomic E-state index is 0.0487. The summed E-state index contributed by atoms with van der Waals surface area (Å²) in [6.45, 7) is 4.28. The van der Waals surface area contributed by atoms with E-state index >= 15 is 0 Å². The summed E-state index contributed by atoms with van der Waals surface area (Å²) >= 11 is 0. The Morgan fingerprint density at radius 2 is 1.58 bits per heavy atom. The van der Waals surface area contributed by atoms with Crippen molar-refractivity contribution in [2.45, 2.75) is 68.8 Å². The first-order valence-electron chi connectivity index (χ1n) is 12.7. The van der Waals surface area contributed by atoms with Gasteiger partial charge < -0.3 is 10.6 Å². The molecule has 5 atom stereocenters. The summed E-state index contributed by atoms with van der Waals surface area (Å²) in [6.07, 6.45) is 4.64. The molecule has 2 aromatic carbocycles. The van der Waals surface area contributed by atoms with Crippen LogP contribution in [0.3, 0.4) is 0 Å². The fourth-order valence-electron chi connectivity index (χ4n) is 7.02. The number of benzene rings is 2. The van der Waals surface area contributed by atoms with Crippen molar-refractivity contribution in [3.05, 3.63) is 65.7 Å². The van der Waals surface area contributed by atoms with E-state index in [2.05, 4.69) is 10.6 Å². The molecule has 0 radical (unpaired) electrons. The van der Waals surface area contributed by atoms with Crippen molar-refractivity contribution in [3.8, 4) is 0 Å². The number of rotatable bonds is 7. The van der Waals surface area contributed by atoms with Crippen LogP contribution in [-0.4, -0.2) is 26.3 Å². The highest BCUT2D eigenvalue weighted by Gasteiger charge is 2.58. The van der Waals surface area contributed by atoms with Gasteiger partial charge in [-0.05, 0) is 87.0 Å². The Bertz CT molecular complexity index is 1240. The van der Waals surface area contributed by atoms with Crippen LogP contribution in [0.25, 0.3) is 0 Å². The number of hydrogen-bond donors (Lipinski definition) is 3. The molecule has 3 unspecified atom stereocenters. The van der Waals surface area contributed by atoms with Gasteiger partial charge in [0.15, 0.2) is 0 Å². The van der Waals surface area contributed by atoms with Gasteiger partial charge >= 0.3 is 0 Å². The van der Waals surface area contributed by atoms with Crippen LogP contribution in [-0.2, 0) is 31.6 Å². The van der Waals surface area contributed by atoms with Crippen LogP contribution in [0, 0.1) is 23.2 Å². The second kappa shape index (κ2) is 8.99. The number of nitrogens with one attached hydrogen (secondary N) is 2. The minimum Gasteiger partial charge on any atom is -0.352 e. The Kier molecular flexibility index (Phi) is 6.24. The molecule has 6 rings (SSSR count). The number of carbonyl (C=O) groups is 2. The van der Waals surface area contributed by atoms with Gasteiger partial charge in [-0.3, -0.25) is 9.59 Å². The molecule has 4 aliphatic carbocycles. The molecule has 36 heavy (non-hydrogen) atoms. The number of carbonyl (C=O) groups excluding carboxylic acids is 2. The summed E-state index contributed by atoms with van der Waals surface area (Å²) in [4.78, 5) is 26.9. The zero-order chi connectivity index (χ0) is 25.7. The van der Waals surface area contributed by atoms with Gasteiger partial charge in [0.2, 0.25) is 21.8 Å². The Hall–Kier alpha value is -2.71. The number of primary sulfonamides is 1. The van der Waals surface area contributed by atoms with Gasteiger partial charge in [-0.25, -0.2) is 13.6 Å². The molecule has 2 amide bonds. The topological polar surface area (TPSA) is 118 Å². The standard InChI is InChI=1S/C28H35N3O4S/c1-27(2,22-6-4-3-5-7-22)25(32)31-24-20-12-19-13-21(24)16-28(14-19,15-20)26(33)30-17-18-8-10-23(11-9-18)36(29,34)35/h3-11,19-21,24H,12-17H2,1-2H3,(H,30,33)(H,31,32)(H2,29,34,35)/t19?,20-,21+,24?,28?. The van der Waals surface area contributed by atoms with Gasteiger partial charge in [-0.1, -0.05) is 42.5 Å². The number of sulfonamides is 1. The summed E-state index contributed by atoms with van der Waals surface area (Å²) in [5.41, 5.74) is 0.824. The molecular weight excluding hydrogens is 474 g/mol. The quantitative estimate of drug-likeness (QED) is 0.531. The first-order chi connectivity index (χ1) is 17.0. The van der Waals surface area contributed by atoms with Gasteiger partial charge in [-0.2, -0.15) is 0 Å². The average Bonchev–Trinajstić information content (AvgIpc) is 2.84. The highest BCUT2D eigenvalue weighted by molar-refractivity contribution is 7.89. The normalized spacial score (nSPS) is 29.1. The lowest BCUT2D eigenvalue weighted by molar-refractivity contribution is -0.151. The van der Waals surface area contributed by atoms with Crippen LogP contribution in [0.4, 0.5) is 0 Å². The lowest BCUT2D eigenvalue weighted by Crippen LogP contribution is -2.63. The lowest BCUT2D eigenvalue weighted by Gasteiger charge is -2.59. The molecule has 2 aromatic rings. The molecule has 192 valence electrons. The van der Waals surface area contributed by atoms with Crippen molar-refractivity contribution in [3.63, 3.8) is 0 Å². The highest BCUT2D eigenvalue weighted by Crippen LogP contribution is 2.60. The third-order valence-corrected chi connectivity index (χ3v) is 9.75. The van der Waals surface area contributed by atoms with Crippen molar-refractivity contribution in [1.29, 1.82) is 0 Å². The molecule has 4 saturated carbocycles. The largest absolute Gasteiger partial charge is 0.352 e. The highest BCUT2D eigenvalue weighted by atomic mass is 32.2. The Labute approximate surface area is 213 Å². The summed E-state index contributed by atoms with van der Waals surface area (Å²) in [5, 5.41) is 11.7. The molecule has 0 heterocycles. The van der Waals surface area contributed by atoms with E-state index in [1.165, 1.54) is 12.1 Å². The van der Waals surface area contributed by atoms with E-state index < -0.39 is 15.4 Å². The maximum absolute atomic E-state index is 13.5. The van der Waals surface area contributed by atoms with Gasteiger partial charge in [0.1, 0.15) is 0 Å². The molecular formula is C28H35N3O4S. The van der Waals surface area contributed by atoms with Crippen molar-refractivity contribution in [1.82, 2.24) is 10.6 Å². The van der Waals surface area contributed by atoms with E-state index in [-0.39, 0.29) is 28.2 Å². The van der Waals surface area contributed by atoms with E-state index in [1.54, 1.807) is 12.1 Å². The molecule has 0 aliphatic heterocycles. The zero-order valence-corrected chi connectivity index (χ0v) is 21.7. The first kappa shape index (κ1) is 25.0. The third-order valence-electron chi connectivity index (χ3n) is 8.82. The van der Waals surface area contributed by atoms with E-state index in [0.717, 1.165) is 43.2 Å². The van der Waals surface area contributed by atoms with Crippen LogP contribution in [0.5, 0.6) is 0 Å². The predicted octanol–water partition coefficient (Wildman–Crippen LogP) is 3.24. The lowest BCUT2D eigenvalue weighted by atomic mass is 9.47. The van der Waals surface area contributed by atoms with Gasteiger partial charge in [0.25, 0.3) is 0 Å². The summed E-state index contributed by atoms with van der Waals surface area (Å²) in [6, 6.07) is 16.3. The van der Waals surface area contributed by atoms with Crippen molar-refractivity contribution >= 4 is 21.8 Å². The third kappa shape index (κ3) is 4.57. The van der Waals surface area contributed by atoms with Crippen LogP contribution < -0.4 is 15.8 Å². The second-order valence-electron chi connectivity index (χ2n) is 11.6. The Morgan fingerprint density at radius 3 is 2.17 bits per heavy atom. The van der Waals surface area contributed by atoms with Crippen LogP contribution in [0.15, 0.2) is 59.5 Å². The SMILES string of the molecule is CC(C)(C(=O)NC1[C@@H]2CC3C[C@H]1CC(C(=O)NCc1ccc(S(N)(=O)=O)cc1)(C3)C2)c1ccccc1. The molecule has 0 spiro atoms. The number of nitrogens with two attached hydrogens (primary N) is 1. The maximum Gasteiger partial charge on any atom is 0.238 e. The second-order valence-corrected chi connectivity index (χ2v) is 13.2. The van der Waals surface area contributed by atoms with Gasteiger partial charge in [0, 0.05) is 12.6 Å². The molecule has 7 nitrogen and oxygen atoms in total. The van der Waals surface area contributed by atoms with Gasteiger partial charge in [0.05, 0.1) is 15.7 Å². The summed E-state index contributed by atoms with van der Waals surface area (Å²) < 4.78 is 22.9. The van der Waals surface area contributed by atoms with E-state index in [4.69, 9.17) is 5.14 Å². The first-order valence-corrected chi connectivity index (χ1v) is 14.3. The Balaban J connectivity index is 1.24. The van der Waals surface area contributed by atoms with Gasteiger partial charge in [-0.15, -0.1) is 0 Å². The van der Waals surface area contributed by atoms with Crippen molar-refractivity contribution in [2.24, 2.45) is 28.3 Å². The molecule has 0 aromatic heterocycles. The number of hydrogen-bond acceptors (Lipinski definition) is 4. The maximum atomic E-state index is 13.5. The Morgan fingerprint density at radius 1 is 0.972 bits per heavy atom. The zero-order valence-electron chi connectivity index (χ0n) is 20.9. The summed E-state index contributed by atoms with van der Waals surface area (Å²) in [7, 11) is -3.74. The fourth-order valence-corrected chi connectivity index (χ4v) is 7.54. The summed E-state index contributed by atoms with van der Waals surface area (Å²) in [5.74, 6) is 1.27. The molecule has 4 bridgehead atoms. The molecule has 4 fully saturated rings. The van der Waals surface area contributed by atoms with Crippen LogP contribution >= 0.6 is 0 Å². The molecule has 4 aliphatic rings. The molecule has 0 saturated heterocycles. The molecule has 4 N–H and O–H groups in total. The molecule has 8 heteroatoms.